The summed E-state index contributed by atoms with van der Waals surface area (Å²) in [6.45, 7) is 6.55. The first-order chi connectivity index (χ1) is 12.7. The summed E-state index contributed by atoms with van der Waals surface area (Å²) in [7, 11) is 0. The minimum Gasteiger partial charge on any atom is -0.508 e. The number of nitrogens with one attached hydrogen (secondary N) is 1. The number of fused-ring (bicyclic) bond motifs is 2. The van der Waals surface area contributed by atoms with Gasteiger partial charge >= 0.3 is 0 Å². The molecule has 4 nitrogen and oxygen atoms in total. The lowest BCUT2D eigenvalue weighted by atomic mass is 10.0. The van der Waals surface area contributed by atoms with Crippen LogP contribution in [0.1, 0.15) is 22.8 Å². The number of rotatable bonds is 3. The summed E-state index contributed by atoms with van der Waals surface area (Å²) in [5, 5.41) is 13.6. The highest BCUT2D eigenvalue weighted by Crippen LogP contribution is 2.42. The number of hydrogen-bond acceptors (Lipinski definition) is 4. The number of likely N-dealkylation sites (tertiary alicyclic amines) is 1. The van der Waals surface area contributed by atoms with E-state index in [-0.39, 0.29) is 6.10 Å². The van der Waals surface area contributed by atoms with E-state index in [9.17, 15) is 5.11 Å². The van der Waals surface area contributed by atoms with Crippen LogP contribution in [0.4, 0.5) is 0 Å². The molecule has 0 aromatic heterocycles. The average molecular weight is 350 g/mol. The van der Waals surface area contributed by atoms with Crippen molar-refractivity contribution in [2.45, 2.75) is 25.5 Å². The van der Waals surface area contributed by atoms with Crippen molar-refractivity contribution in [3.63, 3.8) is 0 Å². The molecule has 0 spiro atoms. The summed E-state index contributed by atoms with van der Waals surface area (Å²) < 4.78 is 6.54. The molecule has 0 bridgehead atoms. The second-order valence-corrected chi connectivity index (χ2v) is 8.04. The first kappa shape index (κ1) is 16.2. The molecule has 4 heteroatoms. The lowest BCUT2D eigenvalue weighted by Gasteiger charge is -2.31. The van der Waals surface area contributed by atoms with Crippen LogP contribution < -0.4 is 10.1 Å². The Kier molecular flexibility index (Phi) is 3.91. The summed E-state index contributed by atoms with van der Waals surface area (Å²) in [4.78, 5) is 2.65. The summed E-state index contributed by atoms with van der Waals surface area (Å²) >= 11 is 0. The Morgan fingerprint density at radius 1 is 1.04 bits per heavy atom. The molecule has 2 N–H and O–H groups in total. The number of benzene rings is 2. The van der Waals surface area contributed by atoms with E-state index in [1.165, 1.54) is 11.1 Å². The van der Waals surface area contributed by atoms with E-state index < -0.39 is 0 Å². The van der Waals surface area contributed by atoms with Gasteiger partial charge in [-0.05, 0) is 61.5 Å². The third-order valence-corrected chi connectivity index (χ3v) is 6.54. The largest absolute Gasteiger partial charge is 0.508 e. The van der Waals surface area contributed by atoms with Crippen LogP contribution >= 0.6 is 0 Å². The molecule has 26 heavy (non-hydrogen) atoms. The zero-order chi connectivity index (χ0) is 17.7. The Morgan fingerprint density at radius 3 is 2.62 bits per heavy atom. The van der Waals surface area contributed by atoms with Gasteiger partial charge in [0, 0.05) is 18.7 Å². The van der Waals surface area contributed by atoms with Crippen molar-refractivity contribution in [1.29, 1.82) is 0 Å². The first-order valence-electron chi connectivity index (χ1n) is 9.68. The molecule has 2 aliphatic heterocycles. The van der Waals surface area contributed by atoms with Crippen LogP contribution in [0.3, 0.4) is 0 Å². The second kappa shape index (κ2) is 6.29. The van der Waals surface area contributed by atoms with Crippen LogP contribution in [0, 0.1) is 18.8 Å². The SMILES string of the molecule is Cc1c(O)cccc1OC1c2ccccc2CC1N1CC2CNCC2C1. The van der Waals surface area contributed by atoms with Crippen LogP contribution in [-0.4, -0.2) is 42.2 Å². The summed E-state index contributed by atoms with van der Waals surface area (Å²) in [5.74, 6) is 2.65. The quantitative estimate of drug-likeness (QED) is 0.893. The van der Waals surface area contributed by atoms with E-state index in [1.807, 2.05) is 19.1 Å². The van der Waals surface area contributed by atoms with Crippen LogP contribution in [0.15, 0.2) is 42.5 Å². The average Bonchev–Trinajstić information content (AvgIpc) is 3.32. The Hall–Kier alpha value is -2.04. The molecule has 2 heterocycles. The van der Waals surface area contributed by atoms with Gasteiger partial charge in [-0.25, -0.2) is 0 Å². The molecular formula is C22H26N2O2. The molecule has 136 valence electrons. The second-order valence-electron chi connectivity index (χ2n) is 8.04. The normalized spacial score (nSPS) is 30.3. The van der Waals surface area contributed by atoms with E-state index in [0.29, 0.717) is 11.8 Å². The van der Waals surface area contributed by atoms with Crippen LogP contribution in [0.5, 0.6) is 11.5 Å². The third kappa shape index (κ3) is 2.60. The van der Waals surface area contributed by atoms with Gasteiger partial charge in [-0.1, -0.05) is 30.3 Å². The molecule has 2 aromatic carbocycles. The summed E-state index contributed by atoms with van der Waals surface area (Å²) in [6, 6.07) is 14.6. The fourth-order valence-corrected chi connectivity index (χ4v) is 5.03. The monoisotopic (exact) mass is 350 g/mol. The van der Waals surface area contributed by atoms with Gasteiger partial charge in [0.05, 0.1) is 6.04 Å². The lowest BCUT2D eigenvalue weighted by Crippen LogP contribution is -2.40. The molecule has 4 atom stereocenters. The highest BCUT2D eigenvalue weighted by molar-refractivity contribution is 5.44. The van der Waals surface area contributed by atoms with E-state index in [2.05, 4.69) is 34.5 Å². The maximum Gasteiger partial charge on any atom is 0.140 e. The molecule has 2 aromatic rings. The van der Waals surface area contributed by atoms with Crippen molar-refractivity contribution < 1.29 is 9.84 Å². The summed E-state index contributed by atoms with van der Waals surface area (Å²) in [6.07, 6.45) is 1.07. The number of phenolic OH excluding ortho intramolecular Hbond substituents is 1. The predicted octanol–water partition coefficient (Wildman–Crippen LogP) is 2.90. The number of hydrogen-bond donors (Lipinski definition) is 2. The molecule has 0 amide bonds. The molecule has 2 fully saturated rings. The zero-order valence-electron chi connectivity index (χ0n) is 15.2. The van der Waals surface area contributed by atoms with Gasteiger partial charge in [0.15, 0.2) is 0 Å². The minimum atomic E-state index is 0.0264. The smallest absolute Gasteiger partial charge is 0.140 e. The van der Waals surface area contributed by atoms with Gasteiger partial charge in [0.25, 0.3) is 0 Å². The van der Waals surface area contributed by atoms with Crippen molar-refractivity contribution in [2.75, 3.05) is 26.2 Å². The maximum absolute atomic E-state index is 10.1. The fraction of sp³-hybridized carbons (Fsp3) is 0.455. The van der Waals surface area contributed by atoms with E-state index in [0.717, 1.165) is 55.7 Å². The van der Waals surface area contributed by atoms with Gasteiger partial charge in [-0.15, -0.1) is 0 Å². The fourth-order valence-electron chi connectivity index (χ4n) is 5.03. The standard InChI is InChI=1S/C22H26N2O2/c1-14-20(25)7-4-8-21(14)26-22-18-6-3-2-5-15(18)9-19(22)24-12-16-10-23-11-17(16)13-24/h2-8,16-17,19,22-23,25H,9-13H2,1H3. The van der Waals surface area contributed by atoms with Gasteiger partial charge < -0.3 is 15.2 Å². The Morgan fingerprint density at radius 2 is 1.81 bits per heavy atom. The highest BCUT2D eigenvalue weighted by Gasteiger charge is 2.44. The van der Waals surface area contributed by atoms with Crippen molar-refractivity contribution in [3.8, 4) is 11.5 Å². The van der Waals surface area contributed by atoms with Gasteiger partial charge in [0.2, 0.25) is 0 Å². The molecule has 3 aliphatic rings. The Labute approximate surface area is 154 Å². The van der Waals surface area contributed by atoms with E-state index in [4.69, 9.17) is 4.74 Å². The molecule has 0 radical (unpaired) electrons. The van der Waals surface area contributed by atoms with Crippen molar-refractivity contribution in [1.82, 2.24) is 10.2 Å². The first-order valence-corrected chi connectivity index (χ1v) is 9.68. The van der Waals surface area contributed by atoms with Gasteiger partial charge in [-0.3, -0.25) is 4.90 Å². The van der Waals surface area contributed by atoms with E-state index >= 15 is 0 Å². The summed E-state index contributed by atoms with van der Waals surface area (Å²) in [5.41, 5.74) is 3.52. The number of ether oxygens (including phenoxy) is 1. The Balaban J connectivity index is 1.46. The lowest BCUT2D eigenvalue weighted by molar-refractivity contribution is 0.0882. The maximum atomic E-state index is 10.1. The molecular weight excluding hydrogens is 324 g/mol. The van der Waals surface area contributed by atoms with Crippen LogP contribution in [0.25, 0.3) is 0 Å². The number of nitrogens with zero attached hydrogens (tertiary/aromatic N) is 1. The zero-order valence-corrected chi connectivity index (χ0v) is 15.2. The topological polar surface area (TPSA) is 44.7 Å². The van der Waals surface area contributed by atoms with Crippen molar-refractivity contribution in [3.05, 3.63) is 59.2 Å². The van der Waals surface area contributed by atoms with Crippen LogP contribution in [0.2, 0.25) is 0 Å². The molecule has 1 aliphatic carbocycles. The molecule has 5 rings (SSSR count). The molecule has 2 saturated heterocycles. The number of phenols is 1. The molecule has 4 unspecified atom stereocenters. The van der Waals surface area contributed by atoms with Crippen molar-refractivity contribution >= 4 is 0 Å². The molecule has 0 saturated carbocycles. The van der Waals surface area contributed by atoms with Gasteiger partial charge in [-0.2, -0.15) is 0 Å². The van der Waals surface area contributed by atoms with Gasteiger partial charge in [0.1, 0.15) is 17.6 Å². The van der Waals surface area contributed by atoms with E-state index in [1.54, 1.807) is 6.07 Å². The van der Waals surface area contributed by atoms with Crippen LogP contribution in [-0.2, 0) is 6.42 Å². The Bertz CT molecular complexity index is 810. The minimum absolute atomic E-state index is 0.0264. The third-order valence-electron chi connectivity index (χ3n) is 6.54. The predicted molar refractivity (Wildman–Crippen MR) is 102 cm³/mol. The van der Waals surface area contributed by atoms with Crippen molar-refractivity contribution in [2.24, 2.45) is 11.8 Å². The highest BCUT2D eigenvalue weighted by atomic mass is 16.5. The number of aromatic hydroxyl groups is 1.